The lowest BCUT2D eigenvalue weighted by molar-refractivity contribution is -0.133. The topological polar surface area (TPSA) is 29.5 Å². The minimum Gasteiger partial charge on any atom is -0.376 e. The minimum absolute atomic E-state index is 0.188. The number of nitrogens with zero attached hydrogens (tertiary/aromatic N) is 1. The van der Waals surface area contributed by atoms with Gasteiger partial charge in [0, 0.05) is 13.0 Å². The molecule has 0 unspecified atom stereocenters. The second-order valence-corrected chi connectivity index (χ2v) is 7.77. The second kappa shape index (κ2) is 7.69. The lowest BCUT2D eigenvalue weighted by Crippen LogP contribution is -2.43. The van der Waals surface area contributed by atoms with E-state index in [0.29, 0.717) is 30.6 Å². The Morgan fingerprint density at radius 3 is 2.42 bits per heavy atom. The van der Waals surface area contributed by atoms with Crippen LogP contribution in [-0.4, -0.2) is 35.6 Å². The third-order valence-electron chi connectivity index (χ3n) is 6.01. The van der Waals surface area contributed by atoms with Gasteiger partial charge in [0.05, 0.1) is 18.8 Å². The Bertz CT molecular complexity index is 536. The summed E-state index contributed by atoms with van der Waals surface area (Å²) in [6, 6.07) is 11.5. The van der Waals surface area contributed by atoms with E-state index in [1.54, 1.807) is 6.92 Å². The van der Waals surface area contributed by atoms with Crippen LogP contribution in [0.15, 0.2) is 30.3 Å². The first kappa shape index (κ1) is 17.5. The Hall–Kier alpha value is -1.35. The number of hydrogen-bond acceptors (Lipinski definition) is 2. The molecule has 1 saturated heterocycles. The first-order valence-corrected chi connectivity index (χ1v) is 9.51. The molecule has 0 N–H and O–H groups in total. The molecule has 0 radical (unpaired) electrons. The van der Waals surface area contributed by atoms with Crippen LogP contribution in [0, 0.1) is 5.92 Å². The number of benzene rings is 1. The van der Waals surface area contributed by atoms with Crippen molar-refractivity contribution in [1.82, 2.24) is 4.90 Å². The van der Waals surface area contributed by atoms with Crippen molar-refractivity contribution >= 4 is 5.91 Å². The molecule has 3 atom stereocenters. The van der Waals surface area contributed by atoms with Crippen molar-refractivity contribution in [3.05, 3.63) is 35.9 Å². The van der Waals surface area contributed by atoms with Crippen LogP contribution in [0.25, 0.3) is 0 Å². The number of ether oxygens (including phenoxy) is 1. The summed E-state index contributed by atoms with van der Waals surface area (Å²) in [5.74, 6) is 1.41. The molecule has 1 aliphatic carbocycles. The van der Waals surface area contributed by atoms with Crippen molar-refractivity contribution in [3.63, 3.8) is 0 Å². The predicted molar refractivity (Wildman–Crippen MR) is 96.9 cm³/mol. The van der Waals surface area contributed by atoms with Gasteiger partial charge in [0.1, 0.15) is 0 Å². The Balaban J connectivity index is 1.49. The maximum absolute atomic E-state index is 11.9. The Morgan fingerprint density at radius 1 is 1.12 bits per heavy atom. The third kappa shape index (κ3) is 3.83. The van der Waals surface area contributed by atoms with Crippen molar-refractivity contribution in [2.24, 2.45) is 5.92 Å². The standard InChI is InChI=1S/C21H31NO2/c1-15-13-16(2)22(17(3)23)21(15)14-24-20-11-9-19(10-12-20)18-7-5-4-6-8-18/h4-8,15-16,19-21H,9-14H2,1-3H3/t15-,16+,19?,20?,21-/m0/s1. The van der Waals surface area contributed by atoms with Crippen molar-refractivity contribution in [2.45, 2.75) is 77.0 Å². The van der Waals surface area contributed by atoms with Gasteiger partial charge < -0.3 is 9.64 Å². The lowest BCUT2D eigenvalue weighted by atomic mass is 9.83. The molecule has 1 aliphatic heterocycles. The third-order valence-corrected chi connectivity index (χ3v) is 6.01. The van der Waals surface area contributed by atoms with E-state index in [9.17, 15) is 4.79 Å². The smallest absolute Gasteiger partial charge is 0.220 e. The molecule has 3 rings (SSSR count). The Morgan fingerprint density at radius 2 is 1.79 bits per heavy atom. The molecule has 1 aromatic carbocycles. The van der Waals surface area contributed by atoms with Gasteiger partial charge in [-0.05, 0) is 56.4 Å². The van der Waals surface area contributed by atoms with Crippen molar-refractivity contribution in [2.75, 3.05) is 6.61 Å². The zero-order valence-corrected chi connectivity index (χ0v) is 15.3. The zero-order chi connectivity index (χ0) is 17.1. The highest BCUT2D eigenvalue weighted by atomic mass is 16.5. The molecule has 1 heterocycles. The van der Waals surface area contributed by atoms with Crippen LogP contribution in [0.3, 0.4) is 0 Å². The summed E-state index contributed by atoms with van der Waals surface area (Å²) in [4.78, 5) is 14.0. The van der Waals surface area contributed by atoms with Gasteiger partial charge in [-0.1, -0.05) is 37.3 Å². The number of amides is 1. The summed E-state index contributed by atoms with van der Waals surface area (Å²) in [6.45, 7) is 6.79. The van der Waals surface area contributed by atoms with E-state index in [-0.39, 0.29) is 11.9 Å². The number of likely N-dealkylation sites (tertiary alicyclic amines) is 1. The monoisotopic (exact) mass is 329 g/mol. The van der Waals surface area contributed by atoms with Crippen molar-refractivity contribution in [3.8, 4) is 0 Å². The summed E-state index contributed by atoms with van der Waals surface area (Å²) in [5, 5.41) is 0. The van der Waals surface area contributed by atoms with Gasteiger partial charge in [0.15, 0.2) is 0 Å². The maximum Gasteiger partial charge on any atom is 0.220 e. The average Bonchev–Trinajstić information content (AvgIpc) is 2.88. The summed E-state index contributed by atoms with van der Waals surface area (Å²) in [7, 11) is 0. The Labute approximate surface area is 146 Å². The molecular formula is C21H31NO2. The largest absolute Gasteiger partial charge is 0.376 e. The summed E-state index contributed by atoms with van der Waals surface area (Å²) in [6.07, 6.45) is 6.14. The summed E-state index contributed by atoms with van der Waals surface area (Å²) < 4.78 is 6.26. The first-order valence-electron chi connectivity index (χ1n) is 9.51. The first-order chi connectivity index (χ1) is 11.6. The van der Waals surface area contributed by atoms with Crippen molar-refractivity contribution < 1.29 is 9.53 Å². The van der Waals surface area contributed by atoms with E-state index < -0.39 is 0 Å². The van der Waals surface area contributed by atoms with Crippen LogP contribution >= 0.6 is 0 Å². The molecule has 2 fully saturated rings. The average molecular weight is 329 g/mol. The lowest BCUT2D eigenvalue weighted by Gasteiger charge is -2.33. The normalized spacial score (nSPS) is 33.6. The quantitative estimate of drug-likeness (QED) is 0.820. The van der Waals surface area contributed by atoms with E-state index in [1.807, 2.05) is 4.90 Å². The van der Waals surface area contributed by atoms with E-state index in [0.717, 1.165) is 19.3 Å². The molecule has 0 aromatic heterocycles. The van der Waals surface area contributed by atoms with E-state index in [2.05, 4.69) is 44.2 Å². The van der Waals surface area contributed by atoms with Gasteiger partial charge in [0.2, 0.25) is 5.91 Å². The van der Waals surface area contributed by atoms with Gasteiger partial charge >= 0.3 is 0 Å². The number of hydrogen-bond donors (Lipinski definition) is 0. The van der Waals surface area contributed by atoms with Gasteiger partial charge in [0.25, 0.3) is 0 Å². The minimum atomic E-state index is 0.188. The highest BCUT2D eigenvalue weighted by molar-refractivity contribution is 5.74. The molecule has 2 aliphatic rings. The van der Waals surface area contributed by atoms with Crippen molar-refractivity contribution in [1.29, 1.82) is 0 Å². The van der Waals surface area contributed by atoms with Crippen LogP contribution in [0.5, 0.6) is 0 Å². The molecule has 0 bridgehead atoms. The predicted octanol–water partition coefficient (Wildman–Crippen LogP) is 4.37. The molecule has 3 nitrogen and oxygen atoms in total. The van der Waals surface area contributed by atoms with Crippen LogP contribution in [0.4, 0.5) is 0 Å². The highest BCUT2D eigenvalue weighted by Gasteiger charge is 2.38. The number of carbonyl (C=O) groups excluding carboxylic acids is 1. The van der Waals surface area contributed by atoms with Gasteiger partial charge in [-0.3, -0.25) is 4.79 Å². The SMILES string of the molecule is CC(=O)N1[C@H](C)C[C@H](C)[C@@H]1COC1CCC(c2ccccc2)CC1. The fraction of sp³-hybridized carbons (Fsp3) is 0.667. The maximum atomic E-state index is 11.9. The fourth-order valence-electron chi connectivity index (χ4n) is 4.72. The van der Waals surface area contributed by atoms with Crippen LogP contribution in [-0.2, 0) is 9.53 Å². The molecule has 132 valence electrons. The van der Waals surface area contributed by atoms with Crippen LogP contribution in [0.2, 0.25) is 0 Å². The Kier molecular flexibility index (Phi) is 5.60. The highest BCUT2D eigenvalue weighted by Crippen LogP contribution is 2.35. The van der Waals surface area contributed by atoms with E-state index in [4.69, 9.17) is 4.74 Å². The van der Waals surface area contributed by atoms with Gasteiger partial charge in [-0.15, -0.1) is 0 Å². The fourth-order valence-corrected chi connectivity index (χ4v) is 4.72. The van der Waals surface area contributed by atoms with E-state index in [1.165, 1.54) is 18.4 Å². The summed E-state index contributed by atoms with van der Waals surface area (Å²) >= 11 is 0. The molecule has 24 heavy (non-hydrogen) atoms. The molecule has 1 aromatic rings. The number of carbonyl (C=O) groups is 1. The molecule has 3 heteroatoms. The summed E-state index contributed by atoms with van der Waals surface area (Å²) in [5.41, 5.74) is 1.47. The number of rotatable bonds is 4. The zero-order valence-electron chi connectivity index (χ0n) is 15.3. The van der Waals surface area contributed by atoms with Gasteiger partial charge in [-0.2, -0.15) is 0 Å². The van der Waals surface area contributed by atoms with Crippen LogP contribution < -0.4 is 0 Å². The van der Waals surface area contributed by atoms with Gasteiger partial charge in [-0.25, -0.2) is 0 Å². The van der Waals surface area contributed by atoms with Crippen LogP contribution in [0.1, 0.15) is 64.4 Å². The van der Waals surface area contributed by atoms with E-state index >= 15 is 0 Å². The molecule has 1 saturated carbocycles. The molecule has 0 spiro atoms. The molecular weight excluding hydrogens is 298 g/mol. The second-order valence-electron chi connectivity index (χ2n) is 7.77. The molecule has 1 amide bonds.